The lowest BCUT2D eigenvalue weighted by Gasteiger charge is -2.11. The normalized spacial score (nSPS) is 14.1. The lowest BCUT2D eigenvalue weighted by Crippen LogP contribution is -2.35. The molecule has 0 aromatic heterocycles. The number of ether oxygens (including phenoxy) is 1. The first-order chi connectivity index (χ1) is 9.04. The molecule has 102 valence electrons. The number of amides is 1. The van der Waals surface area contributed by atoms with Crippen LogP contribution in [0.3, 0.4) is 0 Å². The van der Waals surface area contributed by atoms with Crippen molar-refractivity contribution in [2.75, 3.05) is 5.32 Å². The molecular weight excluding hydrogens is 260 g/mol. The van der Waals surface area contributed by atoms with Crippen LogP contribution in [0.2, 0.25) is 0 Å². The molecule has 1 aromatic carbocycles. The van der Waals surface area contributed by atoms with Crippen molar-refractivity contribution in [1.29, 1.82) is 0 Å². The van der Waals surface area contributed by atoms with E-state index in [1.165, 1.54) is 0 Å². The smallest absolute Gasteiger partial charge is 0.283 e. The summed E-state index contributed by atoms with van der Waals surface area (Å²) >= 11 is 5.03. The van der Waals surface area contributed by atoms with E-state index in [2.05, 4.69) is 10.6 Å². The minimum atomic E-state index is -0.264. The molecule has 1 aliphatic carbocycles. The Bertz CT molecular complexity index is 467. The zero-order valence-corrected chi connectivity index (χ0v) is 11.9. The third-order valence-corrected chi connectivity index (χ3v) is 2.91. The molecule has 0 unspecified atom stereocenters. The molecule has 0 heterocycles. The first-order valence-electron chi connectivity index (χ1n) is 6.43. The van der Waals surface area contributed by atoms with Crippen LogP contribution >= 0.6 is 12.2 Å². The Kier molecular flexibility index (Phi) is 4.37. The Balaban J connectivity index is 1.87. The summed E-state index contributed by atoms with van der Waals surface area (Å²) in [4.78, 5) is 12.0. The summed E-state index contributed by atoms with van der Waals surface area (Å²) in [6.45, 7) is 3.94. The highest BCUT2D eigenvalue weighted by molar-refractivity contribution is 7.82. The van der Waals surface area contributed by atoms with Crippen molar-refractivity contribution in [2.45, 2.75) is 38.8 Å². The summed E-state index contributed by atoms with van der Waals surface area (Å²) < 4.78 is 5.53. The molecule has 1 aliphatic rings. The van der Waals surface area contributed by atoms with E-state index in [0.717, 1.165) is 18.6 Å². The van der Waals surface area contributed by atoms with Crippen molar-refractivity contribution >= 4 is 28.8 Å². The van der Waals surface area contributed by atoms with Crippen LogP contribution < -0.4 is 15.4 Å². The summed E-state index contributed by atoms with van der Waals surface area (Å²) in [6.07, 6.45) is 2.32. The number of thiocarbonyl (C=S) groups is 1. The van der Waals surface area contributed by atoms with Gasteiger partial charge in [-0.3, -0.25) is 4.79 Å². The Hall–Kier alpha value is -1.62. The highest BCUT2D eigenvalue weighted by Gasteiger charge is 2.24. The largest absolute Gasteiger partial charge is 0.491 e. The van der Waals surface area contributed by atoms with Crippen molar-refractivity contribution in [3.05, 3.63) is 24.3 Å². The quantitative estimate of drug-likeness (QED) is 0.831. The van der Waals surface area contributed by atoms with Gasteiger partial charge < -0.3 is 15.4 Å². The van der Waals surface area contributed by atoms with Crippen LogP contribution in [-0.4, -0.2) is 23.0 Å². The second-order valence-electron chi connectivity index (χ2n) is 4.89. The average molecular weight is 278 g/mol. The highest BCUT2D eigenvalue weighted by atomic mass is 32.1. The van der Waals surface area contributed by atoms with Crippen LogP contribution in [0.15, 0.2) is 24.3 Å². The molecule has 1 fully saturated rings. The molecule has 0 bridgehead atoms. The molecule has 1 saturated carbocycles. The maximum Gasteiger partial charge on any atom is 0.283 e. The molecule has 0 saturated heterocycles. The van der Waals surface area contributed by atoms with Crippen molar-refractivity contribution in [3.63, 3.8) is 0 Å². The molecule has 2 rings (SSSR count). The fourth-order valence-corrected chi connectivity index (χ4v) is 1.77. The Morgan fingerprint density at radius 3 is 2.47 bits per heavy atom. The minimum Gasteiger partial charge on any atom is -0.491 e. The van der Waals surface area contributed by atoms with Crippen molar-refractivity contribution < 1.29 is 9.53 Å². The summed E-state index contributed by atoms with van der Waals surface area (Å²) in [5.74, 6) is 0.520. The fraction of sp³-hybridized carbons (Fsp3) is 0.429. The van der Waals surface area contributed by atoms with Crippen LogP contribution in [-0.2, 0) is 4.79 Å². The van der Waals surface area contributed by atoms with E-state index in [0.29, 0.717) is 11.7 Å². The minimum absolute atomic E-state index is 0.135. The van der Waals surface area contributed by atoms with E-state index in [1.807, 2.05) is 26.0 Å². The van der Waals surface area contributed by atoms with Crippen molar-refractivity contribution in [2.24, 2.45) is 0 Å². The van der Waals surface area contributed by atoms with E-state index in [1.54, 1.807) is 12.1 Å². The fourth-order valence-electron chi connectivity index (χ4n) is 1.56. The highest BCUT2D eigenvalue weighted by Crippen LogP contribution is 2.19. The number of carbonyl (C=O) groups is 1. The number of benzene rings is 1. The predicted octanol–water partition coefficient (Wildman–Crippen LogP) is 2.49. The molecule has 2 N–H and O–H groups in total. The Morgan fingerprint density at radius 1 is 1.32 bits per heavy atom. The molecule has 5 heteroatoms. The first-order valence-corrected chi connectivity index (χ1v) is 6.84. The summed E-state index contributed by atoms with van der Waals surface area (Å²) in [5, 5.41) is 5.76. The van der Waals surface area contributed by atoms with Crippen molar-refractivity contribution in [3.8, 4) is 5.75 Å². The lowest BCUT2D eigenvalue weighted by molar-refractivity contribution is -0.110. The molecule has 0 aliphatic heterocycles. The van der Waals surface area contributed by atoms with Gasteiger partial charge in [0.05, 0.1) is 6.10 Å². The Morgan fingerprint density at radius 2 is 1.95 bits per heavy atom. The van der Waals surface area contributed by atoms with E-state index in [-0.39, 0.29) is 17.0 Å². The number of nitrogens with one attached hydrogen (secondary N) is 2. The number of anilines is 1. The van der Waals surface area contributed by atoms with Gasteiger partial charge in [-0.2, -0.15) is 0 Å². The third-order valence-electron chi connectivity index (χ3n) is 2.60. The standard InChI is InChI=1S/C14H18N2O2S/c1-9(2)18-12-7-5-10(6-8-12)15-13(17)14(19)16-11-3-4-11/h5-9,11H,3-4H2,1-2H3,(H,15,17)(H,16,19). The van der Waals surface area contributed by atoms with E-state index >= 15 is 0 Å². The van der Waals surface area contributed by atoms with Crippen LogP contribution in [0.25, 0.3) is 0 Å². The average Bonchev–Trinajstić information content (AvgIpc) is 3.14. The van der Waals surface area contributed by atoms with E-state index in [4.69, 9.17) is 17.0 Å². The van der Waals surface area contributed by atoms with Crippen molar-refractivity contribution in [1.82, 2.24) is 5.32 Å². The maximum absolute atomic E-state index is 11.8. The summed E-state index contributed by atoms with van der Waals surface area (Å²) in [6, 6.07) is 7.64. The summed E-state index contributed by atoms with van der Waals surface area (Å²) in [7, 11) is 0. The van der Waals surface area contributed by atoms with Crippen LogP contribution in [0, 0.1) is 0 Å². The molecular formula is C14H18N2O2S. The third kappa shape index (κ3) is 4.52. The van der Waals surface area contributed by atoms with E-state index in [9.17, 15) is 4.79 Å². The zero-order chi connectivity index (χ0) is 13.8. The topological polar surface area (TPSA) is 50.4 Å². The number of hydrogen-bond acceptors (Lipinski definition) is 3. The number of rotatable bonds is 4. The molecule has 19 heavy (non-hydrogen) atoms. The van der Waals surface area contributed by atoms with Gasteiger partial charge in [0.1, 0.15) is 5.75 Å². The van der Waals surface area contributed by atoms with Gasteiger partial charge in [-0.25, -0.2) is 0 Å². The molecule has 1 amide bonds. The number of hydrogen-bond donors (Lipinski definition) is 2. The Labute approximate surface area is 118 Å². The molecule has 0 radical (unpaired) electrons. The second-order valence-corrected chi connectivity index (χ2v) is 5.30. The monoisotopic (exact) mass is 278 g/mol. The molecule has 1 aromatic rings. The second kappa shape index (κ2) is 6.02. The zero-order valence-electron chi connectivity index (χ0n) is 11.1. The number of carbonyl (C=O) groups excluding carboxylic acids is 1. The van der Waals surface area contributed by atoms with Gasteiger partial charge in [0.2, 0.25) is 0 Å². The van der Waals surface area contributed by atoms with Crippen LogP contribution in [0.5, 0.6) is 5.75 Å². The van der Waals surface area contributed by atoms with Gasteiger partial charge in [-0.05, 0) is 51.0 Å². The predicted molar refractivity (Wildman–Crippen MR) is 79.6 cm³/mol. The van der Waals surface area contributed by atoms with Gasteiger partial charge in [0.15, 0.2) is 4.99 Å². The molecule has 0 spiro atoms. The van der Waals surface area contributed by atoms with Gasteiger partial charge >= 0.3 is 0 Å². The van der Waals surface area contributed by atoms with Gasteiger partial charge in [0.25, 0.3) is 5.91 Å². The van der Waals surface area contributed by atoms with Gasteiger partial charge in [0, 0.05) is 11.7 Å². The van der Waals surface area contributed by atoms with Gasteiger partial charge in [-0.15, -0.1) is 0 Å². The van der Waals surface area contributed by atoms with Crippen LogP contribution in [0.4, 0.5) is 5.69 Å². The lowest BCUT2D eigenvalue weighted by atomic mass is 10.3. The SMILES string of the molecule is CC(C)Oc1ccc(NC(=O)C(=S)NC2CC2)cc1. The molecule has 4 nitrogen and oxygen atoms in total. The summed E-state index contributed by atoms with van der Waals surface area (Å²) in [5.41, 5.74) is 0.709. The van der Waals surface area contributed by atoms with Gasteiger partial charge in [-0.1, -0.05) is 12.2 Å². The maximum atomic E-state index is 11.8. The van der Waals surface area contributed by atoms with E-state index < -0.39 is 0 Å². The molecule has 0 atom stereocenters. The first kappa shape index (κ1) is 13.8. The van der Waals surface area contributed by atoms with Crippen LogP contribution in [0.1, 0.15) is 26.7 Å².